The van der Waals surface area contributed by atoms with Gasteiger partial charge in [0, 0.05) is 23.7 Å². The van der Waals surface area contributed by atoms with Crippen LogP contribution in [0.25, 0.3) is 0 Å². The SMILES string of the molecule is CCN(CC)CCNC(=O)OC1=C(C)NC(C)=C(OC(=O)OC)C1c1ccccc1OCc1ccc(Cl)cc1. The lowest BCUT2D eigenvalue weighted by atomic mass is 9.90. The predicted molar refractivity (Wildman–Crippen MR) is 149 cm³/mol. The summed E-state index contributed by atoms with van der Waals surface area (Å²) < 4.78 is 22.4. The van der Waals surface area contributed by atoms with E-state index in [2.05, 4.69) is 29.4 Å². The fourth-order valence-electron chi connectivity index (χ4n) is 4.23. The van der Waals surface area contributed by atoms with Crippen LogP contribution in [0.2, 0.25) is 5.02 Å². The molecule has 1 heterocycles. The Morgan fingerprint density at radius 2 is 1.62 bits per heavy atom. The number of methoxy groups -OCH3 is 1. The summed E-state index contributed by atoms with van der Waals surface area (Å²) in [5.74, 6) is 0.289. The monoisotopic (exact) mass is 557 g/mol. The molecule has 2 aromatic rings. The van der Waals surface area contributed by atoms with Crippen molar-refractivity contribution in [2.45, 2.75) is 40.2 Å². The minimum absolute atomic E-state index is 0.237. The highest BCUT2D eigenvalue weighted by Crippen LogP contribution is 2.43. The maximum Gasteiger partial charge on any atom is 0.513 e. The van der Waals surface area contributed by atoms with E-state index < -0.39 is 18.2 Å². The van der Waals surface area contributed by atoms with Crippen LogP contribution in [-0.4, -0.2) is 50.4 Å². The molecule has 1 aliphatic rings. The van der Waals surface area contributed by atoms with Gasteiger partial charge in [0.05, 0.1) is 18.5 Å². The first kappa shape index (κ1) is 29.9. The van der Waals surface area contributed by atoms with Crippen LogP contribution in [0.1, 0.15) is 44.7 Å². The number of amides is 1. The van der Waals surface area contributed by atoms with Gasteiger partial charge in [-0.15, -0.1) is 0 Å². The number of nitrogens with zero attached hydrogens (tertiary/aromatic N) is 1. The lowest BCUT2D eigenvalue weighted by molar-refractivity contribution is 0.0886. The number of hydrogen-bond donors (Lipinski definition) is 2. The average Bonchev–Trinajstić information content (AvgIpc) is 2.93. The lowest BCUT2D eigenvalue weighted by Crippen LogP contribution is -2.36. The molecule has 3 rings (SSSR count). The molecule has 2 N–H and O–H groups in total. The Hall–Kier alpha value is -3.69. The maximum absolute atomic E-state index is 12.9. The second kappa shape index (κ2) is 14.5. The molecule has 0 saturated carbocycles. The number of para-hydroxylation sites is 1. The van der Waals surface area contributed by atoms with Gasteiger partial charge in [-0.25, -0.2) is 9.59 Å². The third-order valence-corrected chi connectivity index (χ3v) is 6.58. The smallest absolute Gasteiger partial charge is 0.489 e. The number of carbonyl (C=O) groups excluding carboxylic acids is 2. The zero-order valence-electron chi connectivity index (χ0n) is 23.0. The van der Waals surface area contributed by atoms with E-state index >= 15 is 0 Å². The van der Waals surface area contributed by atoms with Crippen LogP contribution < -0.4 is 15.4 Å². The number of allylic oxidation sites excluding steroid dienone is 2. The Morgan fingerprint density at radius 3 is 2.26 bits per heavy atom. The van der Waals surface area contributed by atoms with E-state index in [1.165, 1.54) is 7.11 Å². The van der Waals surface area contributed by atoms with Crippen LogP contribution in [0.15, 0.2) is 71.4 Å². The van der Waals surface area contributed by atoms with Gasteiger partial charge >= 0.3 is 12.2 Å². The van der Waals surface area contributed by atoms with Crippen LogP contribution in [0, 0.1) is 0 Å². The van der Waals surface area contributed by atoms with E-state index in [9.17, 15) is 9.59 Å². The van der Waals surface area contributed by atoms with Crippen molar-refractivity contribution in [3.8, 4) is 5.75 Å². The summed E-state index contributed by atoms with van der Waals surface area (Å²) >= 11 is 6.01. The second-order valence-corrected chi connectivity index (χ2v) is 9.33. The molecule has 10 heteroatoms. The highest BCUT2D eigenvalue weighted by Gasteiger charge is 2.37. The minimum Gasteiger partial charge on any atom is -0.489 e. The van der Waals surface area contributed by atoms with E-state index in [1.807, 2.05) is 36.4 Å². The summed E-state index contributed by atoms with van der Waals surface area (Å²) in [5.41, 5.74) is 2.75. The Labute approximate surface area is 234 Å². The summed E-state index contributed by atoms with van der Waals surface area (Å²) in [6, 6.07) is 14.7. The van der Waals surface area contributed by atoms with Crippen LogP contribution >= 0.6 is 11.6 Å². The third kappa shape index (κ3) is 8.15. The summed E-state index contributed by atoms with van der Waals surface area (Å²) in [7, 11) is 1.23. The zero-order chi connectivity index (χ0) is 28.4. The molecule has 39 heavy (non-hydrogen) atoms. The third-order valence-electron chi connectivity index (χ3n) is 6.33. The van der Waals surface area contributed by atoms with Gasteiger partial charge < -0.3 is 34.5 Å². The number of benzene rings is 2. The van der Waals surface area contributed by atoms with Crippen LogP contribution in [0.4, 0.5) is 9.59 Å². The number of dihydropyridines is 1. The van der Waals surface area contributed by atoms with Gasteiger partial charge in [-0.2, -0.15) is 0 Å². The summed E-state index contributed by atoms with van der Waals surface area (Å²) in [6.45, 7) is 10.9. The van der Waals surface area contributed by atoms with E-state index in [1.54, 1.807) is 26.0 Å². The molecular formula is C29H36ClN3O6. The second-order valence-electron chi connectivity index (χ2n) is 8.89. The largest absolute Gasteiger partial charge is 0.513 e. The molecule has 0 radical (unpaired) electrons. The Bertz CT molecular complexity index is 1210. The van der Waals surface area contributed by atoms with Gasteiger partial charge in [0.1, 0.15) is 29.8 Å². The van der Waals surface area contributed by atoms with Crippen molar-refractivity contribution in [1.29, 1.82) is 0 Å². The van der Waals surface area contributed by atoms with Gasteiger partial charge in [0.15, 0.2) is 0 Å². The standard InChI is InChI=1S/C29H36ClN3O6/c1-6-33(7-2)17-16-31-28(34)38-26-19(3)32-20(4)27(39-29(35)36-5)25(26)23-10-8-9-11-24(23)37-18-21-12-14-22(30)15-13-21/h8-15,25,32H,6-7,16-18H2,1-5H3,(H,31,34). The van der Waals surface area contributed by atoms with E-state index in [0.717, 1.165) is 18.7 Å². The highest BCUT2D eigenvalue weighted by molar-refractivity contribution is 6.30. The lowest BCUT2D eigenvalue weighted by Gasteiger charge is -2.31. The quantitative estimate of drug-likeness (QED) is 0.329. The fourth-order valence-corrected chi connectivity index (χ4v) is 4.35. The molecule has 1 atom stereocenters. The molecule has 0 aliphatic carbocycles. The Kier molecular flexibility index (Phi) is 11.1. The Balaban J connectivity index is 1.92. The normalized spacial score (nSPS) is 15.1. The summed E-state index contributed by atoms with van der Waals surface area (Å²) in [4.78, 5) is 27.3. The van der Waals surface area contributed by atoms with Crippen molar-refractivity contribution >= 4 is 23.8 Å². The van der Waals surface area contributed by atoms with Gasteiger partial charge in [0.2, 0.25) is 0 Å². The number of likely N-dealkylation sites (N-methyl/N-ethyl adjacent to an activating group) is 1. The van der Waals surface area contributed by atoms with Gasteiger partial charge in [-0.1, -0.05) is 55.8 Å². The number of halogens is 1. The zero-order valence-corrected chi connectivity index (χ0v) is 23.8. The molecule has 0 spiro atoms. The van der Waals surface area contributed by atoms with E-state index in [0.29, 0.717) is 40.8 Å². The van der Waals surface area contributed by atoms with Crippen LogP contribution in [0.5, 0.6) is 5.75 Å². The van der Waals surface area contributed by atoms with Crippen molar-refractivity contribution in [2.24, 2.45) is 0 Å². The van der Waals surface area contributed by atoms with Crippen molar-refractivity contribution in [3.05, 3.63) is 87.6 Å². The fraction of sp³-hybridized carbons (Fsp3) is 0.379. The topological polar surface area (TPSA) is 98.4 Å². The molecule has 9 nitrogen and oxygen atoms in total. The number of rotatable bonds is 11. The maximum atomic E-state index is 12.9. The van der Waals surface area contributed by atoms with Crippen molar-refractivity contribution < 1.29 is 28.5 Å². The first-order valence-electron chi connectivity index (χ1n) is 12.9. The molecule has 0 fully saturated rings. The predicted octanol–water partition coefficient (Wildman–Crippen LogP) is 5.92. The van der Waals surface area contributed by atoms with Gasteiger partial charge in [0.25, 0.3) is 0 Å². The number of nitrogens with one attached hydrogen (secondary N) is 2. The highest BCUT2D eigenvalue weighted by atomic mass is 35.5. The molecule has 210 valence electrons. The van der Waals surface area contributed by atoms with Crippen LogP contribution in [-0.2, 0) is 20.8 Å². The van der Waals surface area contributed by atoms with Gasteiger partial charge in [-0.05, 0) is 50.7 Å². The molecular weight excluding hydrogens is 522 g/mol. The molecule has 1 amide bonds. The van der Waals surface area contributed by atoms with Crippen molar-refractivity contribution in [1.82, 2.24) is 15.5 Å². The molecule has 0 aromatic heterocycles. The van der Waals surface area contributed by atoms with Crippen LogP contribution in [0.3, 0.4) is 0 Å². The van der Waals surface area contributed by atoms with E-state index in [-0.39, 0.29) is 18.1 Å². The Morgan fingerprint density at radius 1 is 0.974 bits per heavy atom. The average molecular weight is 558 g/mol. The van der Waals surface area contributed by atoms with E-state index in [4.69, 9.17) is 30.5 Å². The summed E-state index contributed by atoms with van der Waals surface area (Å²) in [6.07, 6.45) is -1.50. The van der Waals surface area contributed by atoms with Crippen molar-refractivity contribution in [3.63, 3.8) is 0 Å². The molecule has 0 bridgehead atoms. The molecule has 1 unspecified atom stereocenters. The number of alkyl carbamates (subject to hydrolysis) is 1. The number of hydrogen-bond acceptors (Lipinski definition) is 8. The number of ether oxygens (including phenoxy) is 4. The molecule has 2 aromatic carbocycles. The summed E-state index contributed by atoms with van der Waals surface area (Å²) in [5, 5.41) is 6.60. The first-order chi connectivity index (χ1) is 18.8. The molecule has 1 aliphatic heterocycles. The van der Waals surface area contributed by atoms with Gasteiger partial charge in [-0.3, -0.25) is 0 Å². The first-order valence-corrected chi connectivity index (χ1v) is 13.2. The van der Waals surface area contributed by atoms with Crippen molar-refractivity contribution in [2.75, 3.05) is 33.3 Å². The molecule has 0 saturated heterocycles. The minimum atomic E-state index is -0.890. The number of carbonyl (C=O) groups is 2.